The van der Waals surface area contributed by atoms with E-state index in [1.54, 1.807) is 0 Å². The van der Waals surface area contributed by atoms with Gasteiger partial charge in [-0.3, -0.25) is 0 Å². The number of hydrogen-bond acceptors (Lipinski definition) is 2. The van der Waals surface area contributed by atoms with Gasteiger partial charge in [-0.2, -0.15) is 0 Å². The van der Waals surface area contributed by atoms with Gasteiger partial charge in [-0.05, 0) is 38.5 Å². The molecule has 3 aliphatic rings. The van der Waals surface area contributed by atoms with E-state index >= 15 is 0 Å². The van der Waals surface area contributed by atoms with Crippen molar-refractivity contribution < 1.29 is 4.74 Å². The van der Waals surface area contributed by atoms with Gasteiger partial charge in [-0.1, -0.05) is 19.3 Å². The molecule has 1 saturated heterocycles. The normalized spacial score (nSPS) is 35.6. The maximum absolute atomic E-state index is 6.05. The van der Waals surface area contributed by atoms with Crippen molar-refractivity contribution in [2.24, 2.45) is 0 Å². The molecule has 86 valence electrons. The van der Waals surface area contributed by atoms with Crippen LogP contribution < -0.4 is 5.32 Å². The molecule has 0 bridgehead atoms. The fourth-order valence-corrected chi connectivity index (χ4v) is 3.45. The van der Waals surface area contributed by atoms with E-state index in [4.69, 9.17) is 4.74 Å². The van der Waals surface area contributed by atoms with Crippen LogP contribution >= 0.6 is 0 Å². The lowest BCUT2D eigenvalue weighted by molar-refractivity contribution is -0.0856. The standard InChI is InChI=1S/C13H23NO/c1-2-8-13(7-1)10-12(6-9-15-13)14-11-4-3-5-11/h11-12,14H,1-10H2. The molecule has 3 fully saturated rings. The van der Waals surface area contributed by atoms with Crippen molar-refractivity contribution in [3.8, 4) is 0 Å². The Hall–Kier alpha value is -0.0800. The average Bonchev–Trinajstić information content (AvgIpc) is 2.60. The van der Waals surface area contributed by atoms with Crippen LogP contribution in [0.3, 0.4) is 0 Å². The topological polar surface area (TPSA) is 21.3 Å². The molecule has 2 aliphatic carbocycles. The second-order valence-electron chi connectivity index (χ2n) is 5.72. The summed E-state index contributed by atoms with van der Waals surface area (Å²) in [6.07, 6.45) is 12.2. The first-order chi connectivity index (χ1) is 7.36. The quantitative estimate of drug-likeness (QED) is 0.755. The molecule has 1 spiro atoms. The molecule has 2 heteroatoms. The van der Waals surface area contributed by atoms with Crippen molar-refractivity contribution in [1.82, 2.24) is 5.32 Å². The molecule has 1 aliphatic heterocycles. The van der Waals surface area contributed by atoms with E-state index < -0.39 is 0 Å². The molecule has 1 atom stereocenters. The van der Waals surface area contributed by atoms with Gasteiger partial charge in [-0.15, -0.1) is 0 Å². The van der Waals surface area contributed by atoms with Crippen LogP contribution in [0, 0.1) is 0 Å². The highest BCUT2D eigenvalue weighted by molar-refractivity contribution is 4.94. The lowest BCUT2D eigenvalue weighted by Crippen LogP contribution is -2.50. The molecule has 0 aromatic rings. The largest absolute Gasteiger partial charge is 0.375 e. The molecule has 1 N–H and O–H groups in total. The van der Waals surface area contributed by atoms with E-state index in [1.165, 1.54) is 57.8 Å². The maximum Gasteiger partial charge on any atom is 0.0697 e. The van der Waals surface area contributed by atoms with E-state index in [2.05, 4.69) is 5.32 Å². The zero-order chi connectivity index (χ0) is 10.1. The molecular formula is C13H23NO. The molecule has 1 unspecified atom stereocenters. The van der Waals surface area contributed by atoms with Crippen LogP contribution in [0.4, 0.5) is 0 Å². The third kappa shape index (κ3) is 2.07. The lowest BCUT2D eigenvalue weighted by atomic mass is 9.86. The molecule has 0 aromatic heterocycles. The number of ether oxygens (including phenoxy) is 1. The summed E-state index contributed by atoms with van der Waals surface area (Å²) in [7, 11) is 0. The van der Waals surface area contributed by atoms with Crippen LogP contribution in [0.5, 0.6) is 0 Å². The van der Waals surface area contributed by atoms with Gasteiger partial charge in [0.2, 0.25) is 0 Å². The summed E-state index contributed by atoms with van der Waals surface area (Å²) in [5.41, 5.74) is 0.291. The number of nitrogens with one attached hydrogen (secondary N) is 1. The van der Waals surface area contributed by atoms with Crippen LogP contribution in [-0.2, 0) is 4.74 Å². The molecule has 0 radical (unpaired) electrons. The molecule has 0 amide bonds. The summed E-state index contributed by atoms with van der Waals surface area (Å²) in [5, 5.41) is 3.83. The van der Waals surface area contributed by atoms with E-state index in [0.717, 1.165) is 18.7 Å². The van der Waals surface area contributed by atoms with Gasteiger partial charge >= 0.3 is 0 Å². The predicted octanol–water partition coefficient (Wildman–Crippen LogP) is 2.62. The monoisotopic (exact) mass is 209 g/mol. The summed E-state index contributed by atoms with van der Waals surface area (Å²) < 4.78 is 6.05. The first-order valence-corrected chi connectivity index (χ1v) is 6.76. The Morgan fingerprint density at radius 2 is 1.73 bits per heavy atom. The summed E-state index contributed by atoms with van der Waals surface area (Å²) in [5.74, 6) is 0. The lowest BCUT2D eigenvalue weighted by Gasteiger charge is -2.41. The smallest absolute Gasteiger partial charge is 0.0697 e. The summed E-state index contributed by atoms with van der Waals surface area (Å²) in [6, 6.07) is 1.59. The van der Waals surface area contributed by atoms with Crippen molar-refractivity contribution >= 4 is 0 Å². The molecule has 2 nitrogen and oxygen atoms in total. The zero-order valence-electron chi connectivity index (χ0n) is 9.63. The first kappa shape index (κ1) is 10.1. The van der Waals surface area contributed by atoms with E-state index in [-0.39, 0.29) is 0 Å². The molecule has 3 rings (SSSR count). The Bertz CT molecular complexity index is 219. The Balaban J connectivity index is 1.55. The van der Waals surface area contributed by atoms with Gasteiger partial charge in [0.25, 0.3) is 0 Å². The maximum atomic E-state index is 6.05. The Morgan fingerprint density at radius 3 is 2.40 bits per heavy atom. The second-order valence-corrected chi connectivity index (χ2v) is 5.72. The Morgan fingerprint density at radius 1 is 0.933 bits per heavy atom. The van der Waals surface area contributed by atoms with Crippen molar-refractivity contribution in [3.63, 3.8) is 0 Å². The van der Waals surface area contributed by atoms with Crippen LogP contribution in [0.15, 0.2) is 0 Å². The fourth-order valence-electron chi connectivity index (χ4n) is 3.45. The highest BCUT2D eigenvalue weighted by Gasteiger charge is 2.40. The molecule has 1 heterocycles. The number of hydrogen-bond donors (Lipinski definition) is 1. The highest BCUT2D eigenvalue weighted by Crippen LogP contribution is 2.40. The molecular weight excluding hydrogens is 186 g/mol. The third-order valence-corrected chi connectivity index (χ3v) is 4.58. The van der Waals surface area contributed by atoms with Gasteiger partial charge in [-0.25, -0.2) is 0 Å². The first-order valence-electron chi connectivity index (χ1n) is 6.76. The minimum Gasteiger partial charge on any atom is -0.375 e. The van der Waals surface area contributed by atoms with Crippen molar-refractivity contribution in [3.05, 3.63) is 0 Å². The van der Waals surface area contributed by atoms with Crippen molar-refractivity contribution in [2.75, 3.05) is 6.61 Å². The SMILES string of the molecule is C1CC(NC2CCOC3(CCCC3)C2)C1. The van der Waals surface area contributed by atoms with E-state index in [9.17, 15) is 0 Å². The third-order valence-electron chi connectivity index (χ3n) is 4.58. The van der Waals surface area contributed by atoms with Gasteiger partial charge < -0.3 is 10.1 Å². The van der Waals surface area contributed by atoms with Crippen molar-refractivity contribution in [2.45, 2.75) is 75.5 Å². The van der Waals surface area contributed by atoms with Gasteiger partial charge in [0, 0.05) is 18.7 Å². The zero-order valence-corrected chi connectivity index (χ0v) is 9.63. The van der Waals surface area contributed by atoms with Crippen LogP contribution in [0.2, 0.25) is 0 Å². The molecule has 15 heavy (non-hydrogen) atoms. The average molecular weight is 209 g/mol. The van der Waals surface area contributed by atoms with Gasteiger partial charge in [0.15, 0.2) is 0 Å². The number of rotatable bonds is 2. The summed E-state index contributed by atoms with van der Waals surface area (Å²) in [4.78, 5) is 0. The van der Waals surface area contributed by atoms with Crippen LogP contribution in [-0.4, -0.2) is 24.3 Å². The molecule has 0 aromatic carbocycles. The minimum atomic E-state index is 0.291. The Labute approximate surface area is 92.8 Å². The van der Waals surface area contributed by atoms with Gasteiger partial charge in [0.1, 0.15) is 0 Å². The second kappa shape index (κ2) is 4.06. The fraction of sp³-hybridized carbons (Fsp3) is 1.00. The van der Waals surface area contributed by atoms with Crippen LogP contribution in [0.1, 0.15) is 57.8 Å². The predicted molar refractivity (Wildman–Crippen MR) is 60.9 cm³/mol. The summed E-state index contributed by atoms with van der Waals surface area (Å²) in [6.45, 7) is 0.990. The van der Waals surface area contributed by atoms with E-state index in [1.807, 2.05) is 0 Å². The highest BCUT2D eigenvalue weighted by atomic mass is 16.5. The van der Waals surface area contributed by atoms with Gasteiger partial charge in [0.05, 0.1) is 5.60 Å². The molecule has 2 saturated carbocycles. The van der Waals surface area contributed by atoms with E-state index in [0.29, 0.717) is 5.60 Å². The van der Waals surface area contributed by atoms with Crippen molar-refractivity contribution in [1.29, 1.82) is 0 Å². The minimum absolute atomic E-state index is 0.291. The summed E-state index contributed by atoms with van der Waals surface area (Å²) >= 11 is 0. The van der Waals surface area contributed by atoms with Crippen LogP contribution in [0.25, 0.3) is 0 Å². The Kier molecular flexibility index (Phi) is 2.73.